The minimum Gasteiger partial charge on any atom is -0.497 e. The number of thioether (sulfide) groups is 1. The van der Waals surface area contributed by atoms with Crippen LogP contribution >= 0.6 is 27.7 Å². The van der Waals surface area contributed by atoms with Gasteiger partial charge in [-0.15, -0.1) is 11.8 Å². The lowest BCUT2D eigenvalue weighted by Crippen LogP contribution is -2.19. The van der Waals surface area contributed by atoms with Crippen LogP contribution in [0.5, 0.6) is 5.75 Å². The number of ether oxygens (including phenoxy) is 1. The van der Waals surface area contributed by atoms with E-state index in [4.69, 9.17) is 4.74 Å². The van der Waals surface area contributed by atoms with Crippen molar-refractivity contribution in [1.82, 2.24) is 5.43 Å². The summed E-state index contributed by atoms with van der Waals surface area (Å²) in [6, 6.07) is 15.5. The Balaban J connectivity index is 1.71. The van der Waals surface area contributed by atoms with Crippen LogP contribution in [0.25, 0.3) is 0 Å². The lowest BCUT2D eigenvalue weighted by atomic mass is 10.2. The Labute approximate surface area is 148 Å². The minimum absolute atomic E-state index is 0.116. The average molecular weight is 393 g/mol. The Hall–Kier alpha value is -1.79. The molecule has 0 spiro atoms. The van der Waals surface area contributed by atoms with E-state index >= 15 is 0 Å². The Morgan fingerprint density at radius 1 is 1.30 bits per heavy atom. The normalized spacial score (nSPS) is 10.7. The molecule has 0 radical (unpaired) electrons. The summed E-state index contributed by atoms with van der Waals surface area (Å²) in [5.74, 6) is 1.83. The van der Waals surface area contributed by atoms with E-state index in [0.29, 0.717) is 5.75 Å². The number of hydrogen-bond acceptors (Lipinski definition) is 4. The molecule has 0 aromatic heterocycles. The molecule has 0 aliphatic rings. The van der Waals surface area contributed by atoms with Crippen molar-refractivity contribution < 1.29 is 9.53 Å². The van der Waals surface area contributed by atoms with Crippen LogP contribution in [0.15, 0.2) is 58.1 Å². The maximum absolute atomic E-state index is 11.7. The van der Waals surface area contributed by atoms with Gasteiger partial charge in [0.1, 0.15) is 5.75 Å². The molecule has 1 N–H and O–H groups in total. The molecule has 1 amide bonds. The van der Waals surface area contributed by atoms with Crippen molar-refractivity contribution in [3.8, 4) is 5.75 Å². The third kappa shape index (κ3) is 6.46. The summed E-state index contributed by atoms with van der Waals surface area (Å²) in [5.41, 5.74) is 4.60. The van der Waals surface area contributed by atoms with Crippen molar-refractivity contribution in [3.63, 3.8) is 0 Å². The molecule has 0 bridgehead atoms. The number of hydrazone groups is 1. The summed E-state index contributed by atoms with van der Waals surface area (Å²) in [4.78, 5) is 11.7. The molecule has 4 nitrogen and oxygen atoms in total. The topological polar surface area (TPSA) is 50.7 Å². The molecule has 0 fully saturated rings. The van der Waals surface area contributed by atoms with Crippen LogP contribution in [0.3, 0.4) is 0 Å². The van der Waals surface area contributed by atoms with Gasteiger partial charge in [0.05, 0.1) is 19.1 Å². The molecule has 0 aliphatic heterocycles. The number of nitrogens with one attached hydrogen (secondary N) is 1. The standard InChI is InChI=1S/C17H17BrN2O2S/c1-22-16-7-5-13(6-8-16)10-19-20-17(21)12-23-11-14-3-2-4-15(18)9-14/h2-10H,11-12H2,1H3,(H,20,21)/b19-10+. The van der Waals surface area contributed by atoms with Crippen LogP contribution in [-0.2, 0) is 10.5 Å². The Morgan fingerprint density at radius 3 is 2.78 bits per heavy atom. The van der Waals surface area contributed by atoms with Crippen LogP contribution < -0.4 is 10.2 Å². The van der Waals surface area contributed by atoms with E-state index < -0.39 is 0 Å². The van der Waals surface area contributed by atoms with Gasteiger partial charge >= 0.3 is 0 Å². The molecule has 0 saturated heterocycles. The van der Waals surface area contributed by atoms with Crippen LogP contribution in [0, 0.1) is 0 Å². The second-order valence-corrected chi connectivity index (χ2v) is 6.59. The van der Waals surface area contributed by atoms with E-state index in [0.717, 1.165) is 21.5 Å². The van der Waals surface area contributed by atoms with E-state index in [1.807, 2.05) is 48.5 Å². The summed E-state index contributed by atoms with van der Waals surface area (Å²) in [5, 5.41) is 3.95. The molecule has 0 atom stereocenters. The zero-order chi connectivity index (χ0) is 16.5. The molecule has 0 unspecified atom stereocenters. The van der Waals surface area contributed by atoms with Crippen LogP contribution in [0.1, 0.15) is 11.1 Å². The van der Waals surface area contributed by atoms with Crippen LogP contribution in [0.2, 0.25) is 0 Å². The fourth-order valence-corrected chi connectivity index (χ4v) is 3.00. The van der Waals surface area contributed by atoms with Gasteiger partial charge in [0.15, 0.2) is 0 Å². The van der Waals surface area contributed by atoms with Crippen molar-refractivity contribution in [2.45, 2.75) is 5.75 Å². The molecule has 6 heteroatoms. The first kappa shape index (κ1) is 17.6. The van der Waals surface area contributed by atoms with Gasteiger partial charge in [0.2, 0.25) is 5.91 Å². The lowest BCUT2D eigenvalue weighted by Gasteiger charge is -2.02. The molecule has 2 rings (SSSR count). The highest BCUT2D eigenvalue weighted by molar-refractivity contribution is 9.10. The quantitative estimate of drug-likeness (QED) is 0.575. The van der Waals surface area contributed by atoms with Gasteiger partial charge in [-0.1, -0.05) is 28.1 Å². The zero-order valence-corrected chi connectivity index (χ0v) is 15.1. The Morgan fingerprint density at radius 2 is 2.09 bits per heavy atom. The minimum atomic E-state index is -0.116. The second kappa shape index (κ2) is 9.37. The number of benzene rings is 2. The van der Waals surface area contributed by atoms with E-state index in [-0.39, 0.29) is 5.91 Å². The third-order valence-electron chi connectivity index (χ3n) is 2.91. The third-order valence-corrected chi connectivity index (χ3v) is 4.41. The smallest absolute Gasteiger partial charge is 0.250 e. The number of methoxy groups -OCH3 is 1. The van der Waals surface area contributed by atoms with Crippen molar-refractivity contribution in [2.24, 2.45) is 5.10 Å². The van der Waals surface area contributed by atoms with Gasteiger partial charge in [0, 0.05) is 10.2 Å². The Bertz CT molecular complexity index is 675. The van der Waals surface area contributed by atoms with E-state index in [9.17, 15) is 4.79 Å². The highest BCUT2D eigenvalue weighted by Gasteiger charge is 2.01. The van der Waals surface area contributed by atoms with E-state index in [2.05, 4.69) is 26.5 Å². The molecule has 0 aliphatic carbocycles. The molecule has 2 aromatic rings. The number of halogens is 1. The zero-order valence-electron chi connectivity index (χ0n) is 12.7. The molecule has 23 heavy (non-hydrogen) atoms. The van der Waals surface area contributed by atoms with Crippen LogP contribution in [-0.4, -0.2) is 25.0 Å². The number of rotatable bonds is 7. The van der Waals surface area contributed by atoms with Gasteiger partial charge in [-0.2, -0.15) is 5.10 Å². The van der Waals surface area contributed by atoms with Crippen LogP contribution in [0.4, 0.5) is 0 Å². The fraction of sp³-hybridized carbons (Fsp3) is 0.176. The van der Waals surface area contributed by atoms with Gasteiger partial charge < -0.3 is 4.74 Å². The molecule has 120 valence electrons. The van der Waals surface area contributed by atoms with Crippen molar-refractivity contribution in [2.75, 3.05) is 12.9 Å². The SMILES string of the molecule is COc1ccc(/C=N/NC(=O)CSCc2cccc(Br)c2)cc1. The molecular formula is C17H17BrN2O2S. The number of nitrogens with zero attached hydrogens (tertiary/aromatic N) is 1. The van der Waals surface area contributed by atoms with Gasteiger partial charge in [-0.3, -0.25) is 4.79 Å². The van der Waals surface area contributed by atoms with Crippen molar-refractivity contribution in [1.29, 1.82) is 0 Å². The highest BCUT2D eigenvalue weighted by Crippen LogP contribution is 2.16. The first-order valence-electron chi connectivity index (χ1n) is 6.95. The fourth-order valence-electron chi connectivity index (χ4n) is 1.79. The maximum Gasteiger partial charge on any atom is 0.250 e. The van der Waals surface area contributed by atoms with Crippen molar-refractivity contribution in [3.05, 3.63) is 64.1 Å². The van der Waals surface area contributed by atoms with Crippen molar-refractivity contribution >= 4 is 39.8 Å². The van der Waals surface area contributed by atoms with E-state index in [1.165, 1.54) is 5.56 Å². The molecular weight excluding hydrogens is 376 g/mol. The first-order chi connectivity index (χ1) is 11.2. The first-order valence-corrected chi connectivity index (χ1v) is 8.90. The van der Waals surface area contributed by atoms with E-state index in [1.54, 1.807) is 25.1 Å². The number of carbonyl (C=O) groups is 1. The maximum atomic E-state index is 11.7. The predicted octanol–water partition coefficient (Wildman–Crippen LogP) is 3.84. The summed E-state index contributed by atoms with van der Waals surface area (Å²) >= 11 is 4.98. The number of amides is 1. The van der Waals surface area contributed by atoms with Gasteiger partial charge in [0.25, 0.3) is 0 Å². The monoisotopic (exact) mass is 392 g/mol. The second-order valence-electron chi connectivity index (χ2n) is 4.69. The molecule has 0 heterocycles. The Kier molecular flexibility index (Phi) is 7.16. The van der Waals surface area contributed by atoms with Gasteiger partial charge in [-0.05, 0) is 47.5 Å². The lowest BCUT2D eigenvalue weighted by molar-refractivity contribution is -0.118. The summed E-state index contributed by atoms with van der Waals surface area (Å²) < 4.78 is 6.13. The number of hydrogen-bond donors (Lipinski definition) is 1. The highest BCUT2D eigenvalue weighted by atomic mass is 79.9. The predicted molar refractivity (Wildman–Crippen MR) is 99.0 cm³/mol. The molecule has 2 aromatic carbocycles. The summed E-state index contributed by atoms with van der Waals surface area (Å²) in [6.07, 6.45) is 1.61. The average Bonchev–Trinajstić information content (AvgIpc) is 2.55. The summed E-state index contributed by atoms with van der Waals surface area (Å²) in [7, 11) is 1.62. The van der Waals surface area contributed by atoms with Gasteiger partial charge in [-0.25, -0.2) is 5.43 Å². The summed E-state index contributed by atoms with van der Waals surface area (Å²) in [6.45, 7) is 0. The largest absolute Gasteiger partial charge is 0.497 e. The number of carbonyl (C=O) groups excluding carboxylic acids is 1. The molecule has 0 saturated carbocycles.